The van der Waals surface area contributed by atoms with Crippen LogP contribution >= 0.6 is 23.4 Å². The highest BCUT2D eigenvalue weighted by Gasteiger charge is 2.16. The largest absolute Gasteiger partial charge is 0.353 e. The van der Waals surface area contributed by atoms with E-state index in [4.69, 9.17) is 11.6 Å². The van der Waals surface area contributed by atoms with Gasteiger partial charge in [-0.2, -0.15) is 0 Å². The number of aromatic nitrogens is 2. The van der Waals surface area contributed by atoms with Crippen LogP contribution in [0.4, 0.5) is 0 Å². The van der Waals surface area contributed by atoms with Gasteiger partial charge in [-0.3, -0.25) is 14.2 Å². The molecule has 0 radical (unpaired) electrons. The lowest BCUT2D eigenvalue weighted by molar-refractivity contribution is -0.119. The van der Waals surface area contributed by atoms with Crippen LogP contribution in [-0.2, 0) is 4.79 Å². The molecule has 2 aromatic rings. The molecule has 1 aromatic heterocycles. The van der Waals surface area contributed by atoms with E-state index in [9.17, 15) is 9.59 Å². The fourth-order valence-electron chi connectivity index (χ4n) is 2.81. The number of amides is 1. The Morgan fingerprint density at radius 1 is 1.22 bits per heavy atom. The van der Waals surface area contributed by atoms with E-state index in [-0.39, 0.29) is 29.3 Å². The van der Waals surface area contributed by atoms with Crippen molar-refractivity contribution in [3.63, 3.8) is 0 Å². The zero-order valence-electron chi connectivity index (χ0n) is 16.6. The van der Waals surface area contributed by atoms with Crippen molar-refractivity contribution in [2.75, 3.05) is 5.75 Å². The van der Waals surface area contributed by atoms with Gasteiger partial charge in [0.1, 0.15) is 0 Å². The maximum absolute atomic E-state index is 12.8. The minimum absolute atomic E-state index is 0.0491. The van der Waals surface area contributed by atoms with Crippen LogP contribution < -0.4 is 10.9 Å². The molecule has 0 saturated heterocycles. The monoisotopic (exact) mass is 409 g/mol. The molecule has 1 N–H and O–H groups in total. The Morgan fingerprint density at radius 3 is 2.56 bits per heavy atom. The Kier molecular flexibility index (Phi) is 7.74. The Labute approximate surface area is 169 Å². The molecule has 0 saturated carbocycles. The second kappa shape index (κ2) is 9.60. The summed E-state index contributed by atoms with van der Waals surface area (Å²) in [7, 11) is 0. The molecule has 1 atom stereocenters. The maximum Gasteiger partial charge on any atom is 0.262 e. The molecular weight excluding hydrogens is 382 g/mol. The number of hydrogen-bond donors (Lipinski definition) is 1. The highest BCUT2D eigenvalue weighted by atomic mass is 35.5. The van der Waals surface area contributed by atoms with Gasteiger partial charge in [0.25, 0.3) is 5.56 Å². The van der Waals surface area contributed by atoms with Gasteiger partial charge in [0.05, 0.1) is 16.7 Å². The topological polar surface area (TPSA) is 64.0 Å². The number of rotatable bonds is 8. The summed E-state index contributed by atoms with van der Waals surface area (Å²) in [6.45, 7) is 10.2. The van der Waals surface area contributed by atoms with E-state index in [1.165, 1.54) is 11.8 Å². The molecule has 27 heavy (non-hydrogen) atoms. The fraction of sp³-hybridized carbons (Fsp3) is 0.550. The van der Waals surface area contributed by atoms with Gasteiger partial charge in [-0.05, 0) is 57.7 Å². The third kappa shape index (κ3) is 5.98. The van der Waals surface area contributed by atoms with Crippen molar-refractivity contribution in [2.45, 2.75) is 64.7 Å². The van der Waals surface area contributed by atoms with E-state index in [2.05, 4.69) is 24.1 Å². The van der Waals surface area contributed by atoms with Crippen LogP contribution in [0.15, 0.2) is 28.2 Å². The summed E-state index contributed by atoms with van der Waals surface area (Å²) < 4.78 is 1.64. The van der Waals surface area contributed by atoms with Crippen molar-refractivity contribution in [3.8, 4) is 0 Å². The number of benzene rings is 1. The first-order valence-corrected chi connectivity index (χ1v) is 10.7. The summed E-state index contributed by atoms with van der Waals surface area (Å²) in [6.07, 6.45) is 2.03. The number of thioether (sulfide) groups is 1. The van der Waals surface area contributed by atoms with Gasteiger partial charge in [0.2, 0.25) is 5.91 Å². The van der Waals surface area contributed by atoms with Gasteiger partial charge in [-0.15, -0.1) is 0 Å². The highest BCUT2D eigenvalue weighted by Crippen LogP contribution is 2.22. The fourth-order valence-corrected chi connectivity index (χ4v) is 3.92. The molecule has 0 fully saturated rings. The van der Waals surface area contributed by atoms with E-state index in [0.29, 0.717) is 27.0 Å². The molecule has 0 aliphatic carbocycles. The van der Waals surface area contributed by atoms with Gasteiger partial charge in [-0.1, -0.05) is 37.2 Å². The number of carbonyl (C=O) groups is 1. The lowest BCUT2D eigenvalue weighted by Gasteiger charge is -2.17. The van der Waals surface area contributed by atoms with Crippen molar-refractivity contribution in [3.05, 3.63) is 33.6 Å². The first kappa shape index (κ1) is 21.8. The molecule has 2 rings (SSSR count). The Hall–Kier alpha value is -1.53. The lowest BCUT2D eigenvalue weighted by Crippen LogP contribution is -2.34. The molecule has 0 aliphatic rings. The van der Waals surface area contributed by atoms with Crippen LogP contribution in [0.3, 0.4) is 0 Å². The zero-order valence-corrected chi connectivity index (χ0v) is 18.2. The van der Waals surface area contributed by atoms with E-state index in [1.54, 1.807) is 22.8 Å². The van der Waals surface area contributed by atoms with Gasteiger partial charge >= 0.3 is 0 Å². The van der Waals surface area contributed by atoms with Crippen LogP contribution in [0.1, 0.15) is 53.5 Å². The summed E-state index contributed by atoms with van der Waals surface area (Å²) in [6, 6.07) is 5.15. The second-order valence-electron chi connectivity index (χ2n) is 7.55. The van der Waals surface area contributed by atoms with Crippen molar-refractivity contribution >= 4 is 40.2 Å². The minimum atomic E-state index is -0.111. The molecular formula is C20H28ClN3O2S. The second-order valence-corrected chi connectivity index (χ2v) is 8.93. The van der Waals surface area contributed by atoms with Crippen LogP contribution in [-0.4, -0.2) is 27.3 Å². The van der Waals surface area contributed by atoms with Gasteiger partial charge in [0, 0.05) is 17.1 Å². The van der Waals surface area contributed by atoms with Crippen molar-refractivity contribution in [2.24, 2.45) is 5.92 Å². The van der Waals surface area contributed by atoms with Gasteiger partial charge in [-0.25, -0.2) is 4.98 Å². The van der Waals surface area contributed by atoms with E-state index >= 15 is 0 Å². The lowest BCUT2D eigenvalue weighted by atomic mass is 10.0. The summed E-state index contributed by atoms with van der Waals surface area (Å²) in [5.74, 6) is 0.789. The molecule has 0 bridgehead atoms. The smallest absolute Gasteiger partial charge is 0.262 e. The first-order valence-electron chi connectivity index (χ1n) is 9.33. The Bertz CT molecular complexity index is 864. The summed E-state index contributed by atoms with van der Waals surface area (Å²) in [5.41, 5.74) is 0.442. The predicted molar refractivity (Wildman–Crippen MR) is 114 cm³/mol. The Morgan fingerprint density at radius 2 is 1.93 bits per heavy atom. The number of nitrogens with zero attached hydrogens (tertiary/aromatic N) is 2. The van der Waals surface area contributed by atoms with Gasteiger partial charge in [0.15, 0.2) is 5.16 Å². The SMILES string of the molecule is CC(C)CC[C@H](C)NC(=O)CSc1nc2cc(Cl)ccc2c(=O)n1C(C)C. The number of carbonyl (C=O) groups excluding carboxylic acids is 1. The molecule has 7 heteroatoms. The normalized spacial score (nSPS) is 12.7. The molecule has 0 aliphatic heterocycles. The molecule has 0 unspecified atom stereocenters. The van der Waals surface area contributed by atoms with Crippen molar-refractivity contribution in [1.82, 2.24) is 14.9 Å². The maximum atomic E-state index is 12.8. The number of halogens is 1. The molecule has 1 aromatic carbocycles. The first-order chi connectivity index (χ1) is 12.7. The molecule has 1 amide bonds. The van der Waals surface area contributed by atoms with Crippen molar-refractivity contribution < 1.29 is 4.79 Å². The quantitative estimate of drug-likeness (QED) is 0.508. The van der Waals surface area contributed by atoms with Crippen LogP contribution in [0.2, 0.25) is 5.02 Å². The standard InChI is InChI=1S/C20H28ClN3O2S/c1-12(2)6-7-14(5)22-18(25)11-27-20-23-17-10-15(21)8-9-16(17)19(26)24(20)13(3)4/h8-10,12-14H,6-7,11H2,1-5H3,(H,22,25)/t14-/m0/s1. The molecule has 0 spiro atoms. The van der Waals surface area contributed by atoms with Crippen LogP contribution in [0.5, 0.6) is 0 Å². The summed E-state index contributed by atoms with van der Waals surface area (Å²) >= 11 is 7.32. The third-order valence-corrected chi connectivity index (χ3v) is 5.45. The third-order valence-electron chi connectivity index (χ3n) is 4.26. The molecule has 5 nitrogen and oxygen atoms in total. The summed E-state index contributed by atoms with van der Waals surface area (Å²) in [4.78, 5) is 29.7. The molecule has 148 valence electrons. The van der Waals surface area contributed by atoms with E-state index in [0.717, 1.165) is 12.8 Å². The predicted octanol–water partition coefficient (Wildman–Crippen LogP) is 4.66. The van der Waals surface area contributed by atoms with E-state index in [1.807, 2.05) is 20.8 Å². The molecule has 1 heterocycles. The highest BCUT2D eigenvalue weighted by molar-refractivity contribution is 7.99. The number of hydrogen-bond acceptors (Lipinski definition) is 4. The number of fused-ring (bicyclic) bond motifs is 1. The van der Waals surface area contributed by atoms with Crippen molar-refractivity contribution in [1.29, 1.82) is 0 Å². The van der Waals surface area contributed by atoms with Gasteiger partial charge < -0.3 is 5.32 Å². The minimum Gasteiger partial charge on any atom is -0.353 e. The average Bonchev–Trinajstić information content (AvgIpc) is 2.57. The van der Waals surface area contributed by atoms with Crippen LogP contribution in [0, 0.1) is 5.92 Å². The average molecular weight is 410 g/mol. The van der Waals surface area contributed by atoms with E-state index < -0.39 is 0 Å². The van der Waals surface area contributed by atoms with Crippen LogP contribution in [0.25, 0.3) is 10.9 Å². The zero-order chi connectivity index (χ0) is 20.1. The number of nitrogens with one attached hydrogen (secondary N) is 1. The summed E-state index contributed by atoms with van der Waals surface area (Å²) in [5, 5.41) is 4.62. The Balaban J connectivity index is 2.16.